The lowest BCUT2D eigenvalue weighted by Gasteiger charge is -2.00. The molecule has 2 aromatic carbocycles. The molecule has 142 valence electrons. The summed E-state index contributed by atoms with van der Waals surface area (Å²) in [6.07, 6.45) is 3.76. The number of hydrogen-bond acceptors (Lipinski definition) is 5. The van der Waals surface area contributed by atoms with Crippen LogP contribution in [-0.4, -0.2) is 15.7 Å². The number of nitro groups is 1. The van der Waals surface area contributed by atoms with E-state index in [4.69, 9.17) is 0 Å². The quantitative estimate of drug-likeness (QED) is 0.205. The van der Waals surface area contributed by atoms with Crippen molar-refractivity contribution in [1.29, 1.82) is 0 Å². The molecule has 0 radical (unpaired) electrons. The number of ketones is 1. The Morgan fingerprint density at radius 2 is 1.76 bits per heavy atom. The van der Waals surface area contributed by atoms with Gasteiger partial charge in [-0.15, -0.1) is 11.3 Å². The highest BCUT2D eigenvalue weighted by atomic mass is 32.1. The molecular weight excluding hydrogens is 386 g/mol. The van der Waals surface area contributed by atoms with Gasteiger partial charge in [0.2, 0.25) is 12.3 Å². The molecule has 0 bridgehead atoms. The van der Waals surface area contributed by atoms with Gasteiger partial charge in [0.05, 0.1) is 16.2 Å². The molecule has 0 amide bonds. The number of nitro benzene ring substituents is 1. The van der Waals surface area contributed by atoms with Crippen molar-refractivity contribution in [2.24, 2.45) is 0 Å². The number of benzene rings is 2. The molecule has 0 aliphatic rings. The fourth-order valence-corrected chi connectivity index (χ4v) is 3.74. The summed E-state index contributed by atoms with van der Waals surface area (Å²) in [6, 6.07) is 19.4. The van der Waals surface area contributed by atoms with Crippen molar-refractivity contribution >= 4 is 22.8 Å². The van der Waals surface area contributed by atoms with E-state index >= 15 is 0 Å². The lowest BCUT2D eigenvalue weighted by atomic mass is 10.1. The normalized spacial score (nSPS) is 10.6. The van der Waals surface area contributed by atoms with Crippen LogP contribution >= 0.6 is 11.3 Å². The van der Waals surface area contributed by atoms with Crippen LogP contribution in [0.2, 0.25) is 0 Å². The van der Waals surface area contributed by atoms with Gasteiger partial charge in [0.1, 0.15) is 5.01 Å². The topological polar surface area (TPSA) is 77.0 Å². The highest BCUT2D eigenvalue weighted by Gasteiger charge is 2.15. The second-order valence-electron chi connectivity index (χ2n) is 6.40. The van der Waals surface area contributed by atoms with Crippen molar-refractivity contribution in [1.82, 2.24) is 4.98 Å². The number of pyridine rings is 1. The van der Waals surface area contributed by atoms with Gasteiger partial charge in [-0.25, -0.2) is 4.98 Å². The molecule has 0 saturated carbocycles. The van der Waals surface area contributed by atoms with Gasteiger partial charge in [-0.2, -0.15) is 4.57 Å². The molecule has 0 unspecified atom stereocenters. The van der Waals surface area contributed by atoms with Crippen LogP contribution < -0.4 is 4.57 Å². The first-order chi connectivity index (χ1) is 14.1. The standard InChI is InChI=1S/C22H16N3O3S/c26-21(17-5-2-1-3-6-17)14-24-12-4-7-18(13-24)22-23-20(15-29-22)16-8-10-19(11-9-16)25(27)28/h1-13,15H,14H2/q+1. The zero-order valence-corrected chi connectivity index (χ0v) is 16.1. The van der Waals surface area contributed by atoms with E-state index in [9.17, 15) is 14.9 Å². The van der Waals surface area contributed by atoms with Crippen molar-refractivity contribution in [2.75, 3.05) is 0 Å². The fourth-order valence-electron chi connectivity index (χ4n) is 2.92. The fraction of sp³-hybridized carbons (Fsp3) is 0.0455. The van der Waals surface area contributed by atoms with Gasteiger partial charge in [-0.1, -0.05) is 30.3 Å². The van der Waals surface area contributed by atoms with Gasteiger partial charge in [0, 0.05) is 34.7 Å². The zero-order valence-electron chi connectivity index (χ0n) is 15.3. The summed E-state index contributed by atoms with van der Waals surface area (Å²) in [5, 5.41) is 13.5. The molecule has 2 heterocycles. The predicted molar refractivity (Wildman–Crippen MR) is 111 cm³/mol. The van der Waals surface area contributed by atoms with Crippen LogP contribution in [0, 0.1) is 10.1 Å². The van der Waals surface area contributed by atoms with Gasteiger partial charge in [-0.3, -0.25) is 14.9 Å². The Labute approximate surface area is 170 Å². The molecule has 0 atom stereocenters. The molecular formula is C22H16N3O3S+. The predicted octanol–water partition coefficient (Wildman–Crippen LogP) is 4.56. The number of carbonyl (C=O) groups is 1. The molecule has 2 aromatic heterocycles. The van der Waals surface area contributed by atoms with Gasteiger partial charge in [0.15, 0.2) is 12.4 Å². The van der Waals surface area contributed by atoms with E-state index in [2.05, 4.69) is 4.98 Å². The second-order valence-corrected chi connectivity index (χ2v) is 7.25. The number of carbonyl (C=O) groups excluding carboxylic acids is 1. The van der Waals surface area contributed by atoms with Gasteiger partial charge < -0.3 is 0 Å². The van der Waals surface area contributed by atoms with Gasteiger partial charge in [-0.05, 0) is 18.2 Å². The van der Waals surface area contributed by atoms with Crippen LogP contribution in [0.3, 0.4) is 0 Å². The number of aromatic nitrogens is 2. The summed E-state index contributed by atoms with van der Waals surface area (Å²) in [5.74, 6) is 0.0402. The van der Waals surface area contributed by atoms with E-state index in [1.165, 1.54) is 23.5 Å². The van der Waals surface area contributed by atoms with Gasteiger partial charge >= 0.3 is 0 Å². The molecule has 0 aliphatic carbocycles. The number of Topliss-reactive ketones (excluding diaryl/α,β-unsaturated/α-hetero) is 1. The Balaban J connectivity index is 1.54. The number of non-ortho nitro benzene ring substituents is 1. The molecule has 0 spiro atoms. The molecule has 4 rings (SSSR count). The third-order valence-electron chi connectivity index (χ3n) is 4.41. The lowest BCUT2D eigenvalue weighted by molar-refractivity contribution is -0.682. The Bertz CT molecular complexity index is 1170. The van der Waals surface area contributed by atoms with E-state index in [0.717, 1.165) is 21.8 Å². The first kappa shape index (κ1) is 18.6. The van der Waals surface area contributed by atoms with Gasteiger partial charge in [0.25, 0.3) is 5.69 Å². The molecule has 6 nitrogen and oxygen atoms in total. The maximum absolute atomic E-state index is 12.4. The van der Waals surface area contributed by atoms with E-state index in [-0.39, 0.29) is 18.0 Å². The van der Waals surface area contributed by atoms with E-state index < -0.39 is 4.92 Å². The van der Waals surface area contributed by atoms with Crippen molar-refractivity contribution < 1.29 is 14.3 Å². The first-order valence-corrected chi connectivity index (χ1v) is 9.76. The zero-order chi connectivity index (χ0) is 20.2. The van der Waals surface area contributed by atoms with Crippen molar-refractivity contribution in [3.05, 3.63) is 100 Å². The Morgan fingerprint density at radius 1 is 1.00 bits per heavy atom. The summed E-state index contributed by atoms with van der Waals surface area (Å²) in [6.45, 7) is 0.248. The highest BCUT2D eigenvalue weighted by molar-refractivity contribution is 7.13. The summed E-state index contributed by atoms with van der Waals surface area (Å²) < 4.78 is 1.84. The summed E-state index contributed by atoms with van der Waals surface area (Å²) in [5.41, 5.74) is 3.22. The average molecular weight is 402 g/mol. The summed E-state index contributed by atoms with van der Waals surface area (Å²) in [4.78, 5) is 27.5. The highest BCUT2D eigenvalue weighted by Crippen LogP contribution is 2.29. The van der Waals surface area contributed by atoms with E-state index in [1.807, 2.05) is 64.8 Å². The van der Waals surface area contributed by atoms with Crippen LogP contribution in [0.4, 0.5) is 5.69 Å². The maximum Gasteiger partial charge on any atom is 0.269 e. The number of thiazole rings is 1. The van der Waals surface area contributed by atoms with Crippen molar-refractivity contribution in [3.63, 3.8) is 0 Å². The third kappa shape index (κ3) is 4.25. The van der Waals surface area contributed by atoms with Crippen molar-refractivity contribution in [2.45, 2.75) is 6.54 Å². The molecule has 0 fully saturated rings. The Morgan fingerprint density at radius 3 is 2.48 bits per heavy atom. The summed E-state index contributed by atoms with van der Waals surface area (Å²) in [7, 11) is 0. The SMILES string of the molecule is O=C(C[n+]1cccc(-c2nc(-c3ccc([N+](=O)[O-])cc3)cs2)c1)c1ccccc1. The molecule has 4 aromatic rings. The largest absolute Gasteiger partial charge is 0.287 e. The molecule has 0 saturated heterocycles. The Kier molecular flexibility index (Phi) is 5.22. The summed E-state index contributed by atoms with van der Waals surface area (Å²) >= 11 is 1.49. The minimum absolute atomic E-state index is 0.0402. The molecule has 29 heavy (non-hydrogen) atoms. The van der Waals surface area contributed by atoms with Crippen LogP contribution in [0.25, 0.3) is 21.8 Å². The van der Waals surface area contributed by atoms with Crippen LogP contribution in [0.1, 0.15) is 10.4 Å². The van der Waals surface area contributed by atoms with Crippen LogP contribution in [0.5, 0.6) is 0 Å². The first-order valence-electron chi connectivity index (χ1n) is 8.88. The van der Waals surface area contributed by atoms with E-state index in [0.29, 0.717) is 5.56 Å². The van der Waals surface area contributed by atoms with E-state index in [1.54, 1.807) is 12.1 Å². The Hall–Kier alpha value is -3.71. The minimum Gasteiger partial charge on any atom is -0.287 e. The number of rotatable bonds is 6. The third-order valence-corrected chi connectivity index (χ3v) is 5.30. The van der Waals surface area contributed by atoms with Crippen LogP contribution in [0.15, 0.2) is 84.5 Å². The maximum atomic E-state index is 12.4. The molecule has 7 heteroatoms. The molecule has 0 aliphatic heterocycles. The monoisotopic (exact) mass is 402 g/mol. The average Bonchev–Trinajstić information content (AvgIpc) is 3.25. The second kappa shape index (κ2) is 8.12. The van der Waals surface area contributed by atoms with Crippen LogP contribution in [-0.2, 0) is 6.54 Å². The molecule has 0 N–H and O–H groups in total. The smallest absolute Gasteiger partial charge is 0.269 e. The number of hydrogen-bond donors (Lipinski definition) is 0. The van der Waals surface area contributed by atoms with Crippen molar-refractivity contribution in [3.8, 4) is 21.8 Å². The lowest BCUT2D eigenvalue weighted by Crippen LogP contribution is -2.37. The number of nitrogens with zero attached hydrogens (tertiary/aromatic N) is 3. The minimum atomic E-state index is -0.421.